The van der Waals surface area contributed by atoms with Gasteiger partial charge in [-0.3, -0.25) is 9.69 Å². The third-order valence-corrected chi connectivity index (χ3v) is 7.25. The standard InChI is InChI=1S/C28H29N5O.C2H6/c1-32-13-15-33(16-14-32)18-19-7-5-10-21(17-19)24-26(20-8-3-2-4-9-20)29-23-12-6-11-22-25(23)27(24)30-31-28(22)34;1-2/h2-12,17,24,26,29H,13-16,18H2,1H3,(H,31,34);1-2H3. The predicted molar refractivity (Wildman–Crippen MR) is 148 cm³/mol. The lowest BCUT2D eigenvalue weighted by Gasteiger charge is -2.35. The van der Waals surface area contributed by atoms with E-state index in [1.165, 1.54) is 16.7 Å². The van der Waals surface area contributed by atoms with Gasteiger partial charge in [0.2, 0.25) is 0 Å². The average Bonchev–Trinajstić information content (AvgIpc) is 2.93. The molecule has 6 nitrogen and oxygen atoms in total. The van der Waals surface area contributed by atoms with Crippen LogP contribution in [0.15, 0.2) is 77.6 Å². The molecule has 0 spiro atoms. The number of rotatable bonds is 4. The van der Waals surface area contributed by atoms with Crippen molar-refractivity contribution in [1.82, 2.24) is 20.0 Å². The molecule has 0 aliphatic carbocycles. The van der Waals surface area contributed by atoms with Gasteiger partial charge in [-0.2, -0.15) is 5.10 Å². The first-order valence-corrected chi connectivity index (χ1v) is 13.0. The summed E-state index contributed by atoms with van der Waals surface area (Å²) in [6.07, 6.45) is 0. The normalized spacial score (nSPS) is 19.9. The van der Waals surface area contributed by atoms with Crippen molar-refractivity contribution in [1.29, 1.82) is 0 Å². The van der Waals surface area contributed by atoms with Gasteiger partial charge in [0.15, 0.2) is 0 Å². The van der Waals surface area contributed by atoms with Crippen molar-refractivity contribution in [2.45, 2.75) is 32.4 Å². The number of benzene rings is 3. The highest BCUT2D eigenvalue weighted by molar-refractivity contribution is 5.97. The molecule has 2 aliphatic heterocycles. The SMILES string of the molecule is CC.CN1CCN(Cc2cccc(C3c4n[nH]c(=O)c5cccc(c45)NC3c3ccccc3)c2)CC1. The highest BCUT2D eigenvalue weighted by atomic mass is 16.1. The Bertz CT molecular complexity index is 1380. The molecule has 4 aromatic rings. The van der Waals surface area contributed by atoms with Gasteiger partial charge in [0, 0.05) is 43.8 Å². The molecule has 2 N–H and O–H groups in total. The zero-order valence-corrected chi connectivity index (χ0v) is 21.4. The minimum absolute atomic E-state index is 0.0107. The van der Waals surface area contributed by atoms with E-state index >= 15 is 0 Å². The van der Waals surface area contributed by atoms with Crippen LogP contribution < -0.4 is 10.9 Å². The Kier molecular flexibility index (Phi) is 7.16. The third kappa shape index (κ3) is 4.66. The summed E-state index contributed by atoms with van der Waals surface area (Å²) in [5, 5.41) is 12.8. The van der Waals surface area contributed by atoms with Gasteiger partial charge in [-0.15, -0.1) is 0 Å². The van der Waals surface area contributed by atoms with Crippen LogP contribution in [-0.2, 0) is 6.54 Å². The fraction of sp³-hybridized carbons (Fsp3) is 0.333. The van der Waals surface area contributed by atoms with E-state index in [0.29, 0.717) is 5.39 Å². The summed E-state index contributed by atoms with van der Waals surface area (Å²) in [6.45, 7) is 9.35. The fourth-order valence-electron chi connectivity index (χ4n) is 5.43. The van der Waals surface area contributed by atoms with Crippen LogP contribution in [0.1, 0.15) is 48.2 Å². The molecule has 0 amide bonds. The molecule has 36 heavy (non-hydrogen) atoms. The van der Waals surface area contributed by atoms with Gasteiger partial charge in [-0.25, -0.2) is 5.10 Å². The Morgan fingerprint density at radius 2 is 1.61 bits per heavy atom. The lowest BCUT2D eigenvalue weighted by Crippen LogP contribution is -2.43. The molecule has 2 atom stereocenters. The Morgan fingerprint density at radius 1 is 0.889 bits per heavy atom. The molecule has 1 fully saturated rings. The van der Waals surface area contributed by atoms with Crippen molar-refractivity contribution in [3.8, 4) is 0 Å². The van der Waals surface area contributed by atoms with E-state index in [2.05, 4.69) is 80.9 Å². The molecule has 3 heterocycles. The van der Waals surface area contributed by atoms with Crippen LogP contribution in [0.4, 0.5) is 5.69 Å². The van der Waals surface area contributed by atoms with E-state index in [1.54, 1.807) is 0 Å². The second-order valence-corrected chi connectivity index (χ2v) is 9.50. The summed E-state index contributed by atoms with van der Waals surface area (Å²) in [5.74, 6) is -0.0240. The second kappa shape index (κ2) is 10.6. The van der Waals surface area contributed by atoms with Crippen molar-refractivity contribution in [2.75, 3.05) is 38.5 Å². The minimum Gasteiger partial charge on any atom is -0.377 e. The predicted octanol–water partition coefficient (Wildman–Crippen LogP) is 5.00. The number of anilines is 1. The Balaban J connectivity index is 0.00000130. The van der Waals surface area contributed by atoms with Crippen LogP contribution in [0.25, 0.3) is 10.8 Å². The molecule has 3 aromatic carbocycles. The summed E-state index contributed by atoms with van der Waals surface area (Å²) in [5.41, 5.74) is 5.46. The lowest BCUT2D eigenvalue weighted by atomic mass is 9.79. The number of likely N-dealkylation sites (N-methyl/N-ethyl adjacent to an activating group) is 1. The highest BCUT2D eigenvalue weighted by Crippen LogP contribution is 2.46. The molecule has 6 heteroatoms. The summed E-state index contributed by atoms with van der Waals surface area (Å²) in [7, 11) is 2.19. The van der Waals surface area contributed by atoms with Crippen LogP contribution in [0, 0.1) is 0 Å². The van der Waals surface area contributed by atoms with Crippen molar-refractivity contribution < 1.29 is 0 Å². The zero-order chi connectivity index (χ0) is 25.1. The smallest absolute Gasteiger partial charge is 0.272 e. The van der Waals surface area contributed by atoms with Crippen molar-refractivity contribution in [3.05, 3.63) is 106 Å². The minimum atomic E-state index is -0.150. The lowest BCUT2D eigenvalue weighted by molar-refractivity contribution is 0.148. The molecular weight excluding hydrogens is 446 g/mol. The maximum atomic E-state index is 12.6. The van der Waals surface area contributed by atoms with E-state index in [0.717, 1.165) is 49.5 Å². The number of aromatic amines is 1. The Hall–Kier alpha value is -3.48. The van der Waals surface area contributed by atoms with Gasteiger partial charge in [-0.1, -0.05) is 74.5 Å². The van der Waals surface area contributed by atoms with Crippen molar-refractivity contribution in [3.63, 3.8) is 0 Å². The third-order valence-electron chi connectivity index (χ3n) is 7.25. The summed E-state index contributed by atoms with van der Waals surface area (Å²) >= 11 is 0. The molecule has 0 bridgehead atoms. The first-order chi connectivity index (χ1) is 17.7. The maximum absolute atomic E-state index is 12.6. The van der Waals surface area contributed by atoms with E-state index in [1.807, 2.05) is 38.1 Å². The quantitative estimate of drug-likeness (QED) is 0.430. The van der Waals surface area contributed by atoms with Gasteiger partial charge < -0.3 is 10.2 Å². The summed E-state index contributed by atoms with van der Waals surface area (Å²) in [6, 6.07) is 25.3. The second-order valence-electron chi connectivity index (χ2n) is 9.50. The number of nitrogens with one attached hydrogen (secondary N) is 2. The van der Waals surface area contributed by atoms with Crippen LogP contribution in [0.3, 0.4) is 0 Å². The Morgan fingerprint density at radius 3 is 2.39 bits per heavy atom. The summed E-state index contributed by atoms with van der Waals surface area (Å²) in [4.78, 5) is 17.5. The molecular formula is C30H35N5O. The fourth-order valence-corrected chi connectivity index (χ4v) is 5.43. The molecule has 186 valence electrons. The van der Waals surface area contributed by atoms with Crippen LogP contribution in [0.5, 0.6) is 0 Å². The van der Waals surface area contributed by atoms with Crippen LogP contribution in [-0.4, -0.2) is 53.2 Å². The van der Waals surface area contributed by atoms with Gasteiger partial charge in [0.1, 0.15) is 0 Å². The monoisotopic (exact) mass is 481 g/mol. The van der Waals surface area contributed by atoms with Gasteiger partial charge in [-0.05, 0) is 35.9 Å². The van der Waals surface area contributed by atoms with Gasteiger partial charge in [0.05, 0.1) is 23.0 Å². The van der Waals surface area contributed by atoms with E-state index in [-0.39, 0.29) is 17.5 Å². The van der Waals surface area contributed by atoms with Crippen molar-refractivity contribution >= 4 is 16.5 Å². The first kappa shape index (κ1) is 24.2. The highest BCUT2D eigenvalue weighted by Gasteiger charge is 2.34. The molecule has 1 aromatic heterocycles. The van der Waals surface area contributed by atoms with E-state index in [9.17, 15) is 4.79 Å². The molecule has 6 rings (SSSR count). The number of piperazine rings is 1. The topological polar surface area (TPSA) is 64.3 Å². The average molecular weight is 482 g/mol. The maximum Gasteiger partial charge on any atom is 0.272 e. The van der Waals surface area contributed by atoms with Crippen LogP contribution >= 0.6 is 0 Å². The van der Waals surface area contributed by atoms with Gasteiger partial charge >= 0.3 is 0 Å². The molecule has 0 saturated carbocycles. The number of hydrogen-bond acceptors (Lipinski definition) is 5. The largest absolute Gasteiger partial charge is 0.377 e. The number of nitrogens with zero attached hydrogens (tertiary/aromatic N) is 3. The van der Waals surface area contributed by atoms with E-state index < -0.39 is 0 Å². The molecule has 2 aliphatic rings. The zero-order valence-electron chi connectivity index (χ0n) is 21.4. The van der Waals surface area contributed by atoms with Crippen LogP contribution in [0.2, 0.25) is 0 Å². The molecule has 2 unspecified atom stereocenters. The Labute approximate surface area is 213 Å². The number of H-pyrrole nitrogens is 1. The molecule has 1 saturated heterocycles. The van der Waals surface area contributed by atoms with E-state index in [4.69, 9.17) is 0 Å². The first-order valence-electron chi connectivity index (χ1n) is 13.0. The number of hydrogen-bond donors (Lipinski definition) is 2. The number of aromatic nitrogens is 2. The van der Waals surface area contributed by atoms with Gasteiger partial charge in [0.25, 0.3) is 5.56 Å². The summed E-state index contributed by atoms with van der Waals surface area (Å²) < 4.78 is 0. The molecule has 0 radical (unpaired) electrons. The van der Waals surface area contributed by atoms with Crippen molar-refractivity contribution in [2.24, 2.45) is 0 Å².